The van der Waals surface area contributed by atoms with Crippen molar-refractivity contribution in [3.8, 4) is 0 Å². The molecule has 0 bridgehead atoms. The molecular weight excluding hydrogens is 168 g/mol. The van der Waals surface area contributed by atoms with E-state index in [0.29, 0.717) is 0 Å². The van der Waals surface area contributed by atoms with Crippen LogP contribution in [0.3, 0.4) is 0 Å². The Balaban J connectivity index is 2.25. The number of thiol groups is 1. The summed E-state index contributed by atoms with van der Waals surface area (Å²) in [5.74, 6) is 1.01. The number of rotatable bonds is 3. The van der Waals surface area contributed by atoms with Crippen LogP contribution in [0.5, 0.6) is 0 Å². The fourth-order valence-corrected chi connectivity index (χ4v) is 1.92. The first-order valence-corrected chi connectivity index (χ1v) is 5.40. The third-order valence-corrected chi connectivity index (χ3v) is 2.89. The molecule has 12 heavy (non-hydrogen) atoms. The molecule has 0 N–H and O–H groups in total. The molecule has 0 radical (unpaired) electrons. The molecule has 1 rings (SSSR count). The molecule has 1 aliphatic heterocycles. The second kappa shape index (κ2) is 5.10. The van der Waals surface area contributed by atoms with Crippen molar-refractivity contribution in [1.29, 1.82) is 0 Å². The van der Waals surface area contributed by atoms with Crippen LogP contribution in [0.2, 0.25) is 0 Å². The molecule has 0 aromatic heterocycles. The SMILES string of the molecule is CC1CN(C)CCN1CCCS. The summed E-state index contributed by atoms with van der Waals surface area (Å²) in [6.45, 7) is 7.20. The summed E-state index contributed by atoms with van der Waals surface area (Å²) in [5.41, 5.74) is 0. The second-order valence-corrected chi connectivity index (χ2v) is 4.17. The maximum Gasteiger partial charge on any atom is 0.0195 e. The summed E-state index contributed by atoms with van der Waals surface area (Å²) in [6, 6.07) is 0.726. The lowest BCUT2D eigenvalue weighted by atomic mass is 10.2. The van der Waals surface area contributed by atoms with Gasteiger partial charge in [-0.25, -0.2) is 0 Å². The Morgan fingerprint density at radius 3 is 2.75 bits per heavy atom. The fourth-order valence-electron chi connectivity index (χ4n) is 1.78. The van der Waals surface area contributed by atoms with Gasteiger partial charge in [0.1, 0.15) is 0 Å². The third-order valence-electron chi connectivity index (χ3n) is 2.57. The van der Waals surface area contributed by atoms with E-state index in [2.05, 4.69) is 36.4 Å². The summed E-state index contributed by atoms with van der Waals surface area (Å²) in [7, 11) is 2.20. The maximum absolute atomic E-state index is 4.23. The highest BCUT2D eigenvalue weighted by atomic mass is 32.1. The molecule has 0 spiro atoms. The van der Waals surface area contributed by atoms with Gasteiger partial charge in [0, 0.05) is 25.7 Å². The Morgan fingerprint density at radius 2 is 2.17 bits per heavy atom. The normalized spacial score (nSPS) is 27.8. The van der Waals surface area contributed by atoms with Crippen LogP contribution in [0.15, 0.2) is 0 Å². The molecule has 0 saturated carbocycles. The summed E-state index contributed by atoms with van der Waals surface area (Å²) in [4.78, 5) is 4.97. The maximum atomic E-state index is 4.23. The van der Waals surface area contributed by atoms with Gasteiger partial charge >= 0.3 is 0 Å². The average Bonchev–Trinajstić information content (AvgIpc) is 2.03. The van der Waals surface area contributed by atoms with Gasteiger partial charge in [0.2, 0.25) is 0 Å². The van der Waals surface area contributed by atoms with Gasteiger partial charge in [0.05, 0.1) is 0 Å². The molecule has 0 aromatic carbocycles. The summed E-state index contributed by atoms with van der Waals surface area (Å²) in [5, 5.41) is 0. The van der Waals surface area contributed by atoms with E-state index in [1.807, 2.05) is 0 Å². The van der Waals surface area contributed by atoms with Crippen LogP contribution in [0.1, 0.15) is 13.3 Å². The minimum Gasteiger partial charge on any atom is -0.304 e. The molecule has 2 nitrogen and oxygen atoms in total. The van der Waals surface area contributed by atoms with Gasteiger partial charge in [-0.3, -0.25) is 4.90 Å². The van der Waals surface area contributed by atoms with Crippen LogP contribution in [0.4, 0.5) is 0 Å². The molecular formula is C9H20N2S. The zero-order valence-corrected chi connectivity index (χ0v) is 9.06. The van der Waals surface area contributed by atoms with E-state index >= 15 is 0 Å². The van der Waals surface area contributed by atoms with Crippen molar-refractivity contribution in [2.45, 2.75) is 19.4 Å². The summed E-state index contributed by atoms with van der Waals surface area (Å²) in [6.07, 6.45) is 1.22. The van der Waals surface area contributed by atoms with Crippen LogP contribution in [-0.2, 0) is 0 Å². The van der Waals surface area contributed by atoms with Crippen molar-refractivity contribution >= 4 is 12.6 Å². The standard InChI is InChI=1S/C9H20N2S/c1-9-8-10(2)5-6-11(9)4-3-7-12/h9,12H,3-8H2,1-2H3. The van der Waals surface area contributed by atoms with Gasteiger partial charge in [-0.2, -0.15) is 12.6 Å². The molecule has 0 aromatic rings. The van der Waals surface area contributed by atoms with Gasteiger partial charge in [0.25, 0.3) is 0 Å². The monoisotopic (exact) mass is 188 g/mol. The number of nitrogens with zero attached hydrogens (tertiary/aromatic N) is 2. The first-order valence-electron chi connectivity index (χ1n) is 4.77. The third kappa shape index (κ3) is 2.96. The summed E-state index contributed by atoms with van der Waals surface area (Å²) >= 11 is 4.23. The van der Waals surface area contributed by atoms with Crippen molar-refractivity contribution in [3.63, 3.8) is 0 Å². The van der Waals surface area contributed by atoms with Crippen LogP contribution in [0.25, 0.3) is 0 Å². The molecule has 1 atom stereocenters. The Labute approximate surface area is 81.3 Å². The number of hydrogen-bond acceptors (Lipinski definition) is 3. The molecule has 1 heterocycles. The lowest BCUT2D eigenvalue weighted by molar-refractivity contribution is 0.101. The van der Waals surface area contributed by atoms with E-state index in [0.717, 1.165) is 11.8 Å². The highest BCUT2D eigenvalue weighted by molar-refractivity contribution is 7.80. The molecule has 3 heteroatoms. The minimum atomic E-state index is 0.726. The Kier molecular flexibility index (Phi) is 4.40. The molecule has 0 amide bonds. The van der Waals surface area contributed by atoms with Crippen molar-refractivity contribution in [2.75, 3.05) is 39.0 Å². The fraction of sp³-hybridized carbons (Fsp3) is 1.00. The van der Waals surface area contributed by atoms with Gasteiger partial charge < -0.3 is 4.90 Å². The Morgan fingerprint density at radius 1 is 1.42 bits per heavy atom. The highest BCUT2D eigenvalue weighted by Crippen LogP contribution is 2.07. The summed E-state index contributed by atoms with van der Waals surface area (Å²) < 4.78 is 0. The van der Waals surface area contributed by atoms with E-state index in [1.165, 1.54) is 32.6 Å². The molecule has 0 aliphatic carbocycles. The van der Waals surface area contributed by atoms with Gasteiger partial charge in [-0.1, -0.05) is 0 Å². The Bertz CT molecular complexity index is 128. The van der Waals surface area contributed by atoms with Gasteiger partial charge in [-0.15, -0.1) is 0 Å². The van der Waals surface area contributed by atoms with Crippen LogP contribution in [-0.4, -0.2) is 54.8 Å². The Hall–Kier alpha value is 0.270. The lowest BCUT2D eigenvalue weighted by Crippen LogP contribution is -2.50. The topological polar surface area (TPSA) is 6.48 Å². The van der Waals surface area contributed by atoms with E-state index in [-0.39, 0.29) is 0 Å². The number of piperazine rings is 1. The van der Waals surface area contributed by atoms with Crippen LogP contribution in [0, 0.1) is 0 Å². The smallest absolute Gasteiger partial charge is 0.0195 e. The average molecular weight is 188 g/mol. The van der Waals surface area contributed by atoms with E-state index in [1.54, 1.807) is 0 Å². The zero-order chi connectivity index (χ0) is 8.97. The molecule has 1 saturated heterocycles. The van der Waals surface area contributed by atoms with E-state index in [4.69, 9.17) is 0 Å². The predicted molar refractivity (Wildman–Crippen MR) is 57.0 cm³/mol. The second-order valence-electron chi connectivity index (χ2n) is 3.72. The molecule has 1 unspecified atom stereocenters. The van der Waals surface area contributed by atoms with E-state index < -0.39 is 0 Å². The van der Waals surface area contributed by atoms with Crippen LogP contribution >= 0.6 is 12.6 Å². The van der Waals surface area contributed by atoms with Crippen molar-refractivity contribution in [3.05, 3.63) is 0 Å². The molecule has 1 fully saturated rings. The quantitative estimate of drug-likeness (QED) is 0.659. The van der Waals surface area contributed by atoms with Gasteiger partial charge in [0.15, 0.2) is 0 Å². The minimum absolute atomic E-state index is 0.726. The molecule has 72 valence electrons. The largest absolute Gasteiger partial charge is 0.304 e. The van der Waals surface area contributed by atoms with Crippen molar-refractivity contribution in [2.24, 2.45) is 0 Å². The number of likely N-dealkylation sites (N-methyl/N-ethyl adjacent to an activating group) is 1. The van der Waals surface area contributed by atoms with E-state index in [9.17, 15) is 0 Å². The first kappa shape index (κ1) is 10.4. The van der Waals surface area contributed by atoms with Crippen LogP contribution < -0.4 is 0 Å². The van der Waals surface area contributed by atoms with Crippen molar-refractivity contribution in [1.82, 2.24) is 9.80 Å². The first-order chi connectivity index (χ1) is 5.74. The molecule has 1 aliphatic rings. The van der Waals surface area contributed by atoms with Crippen molar-refractivity contribution < 1.29 is 0 Å². The van der Waals surface area contributed by atoms with Gasteiger partial charge in [-0.05, 0) is 32.7 Å². The predicted octanol–water partition coefficient (Wildman–Crippen LogP) is 0.942. The lowest BCUT2D eigenvalue weighted by Gasteiger charge is -2.38. The highest BCUT2D eigenvalue weighted by Gasteiger charge is 2.19. The number of hydrogen-bond donors (Lipinski definition) is 1. The zero-order valence-electron chi connectivity index (χ0n) is 8.16.